The number of benzene rings is 2. The second kappa shape index (κ2) is 6.22. The van der Waals surface area contributed by atoms with Crippen molar-refractivity contribution in [3.05, 3.63) is 63.1 Å². The van der Waals surface area contributed by atoms with Crippen molar-refractivity contribution in [1.82, 2.24) is 0 Å². The summed E-state index contributed by atoms with van der Waals surface area (Å²) in [6.45, 7) is 0. The lowest BCUT2D eigenvalue weighted by molar-refractivity contribution is 0.0993. The fraction of sp³-hybridized carbons (Fsp3) is 0.133. The van der Waals surface area contributed by atoms with Crippen molar-refractivity contribution in [2.24, 2.45) is 0 Å². The summed E-state index contributed by atoms with van der Waals surface area (Å²) < 4.78 is 5.87. The summed E-state index contributed by atoms with van der Waals surface area (Å²) in [6, 6.07) is 12.8. The monoisotopic (exact) mass is 338 g/mol. The van der Waals surface area contributed by atoms with Crippen LogP contribution < -0.4 is 4.74 Å². The summed E-state index contributed by atoms with van der Waals surface area (Å²) >= 11 is 9.44. The van der Waals surface area contributed by atoms with Crippen molar-refractivity contribution in [2.45, 2.75) is 6.42 Å². The minimum atomic E-state index is -0.0143. The second-order valence-corrected chi connectivity index (χ2v) is 5.29. The molecule has 2 rings (SSSR count). The molecule has 0 aliphatic rings. The van der Waals surface area contributed by atoms with E-state index in [0.29, 0.717) is 17.0 Å². The van der Waals surface area contributed by atoms with Crippen LogP contribution >= 0.6 is 27.5 Å². The number of carbonyl (C=O) groups excluding carboxylic acids is 1. The van der Waals surface area contributed by atoms with Crippen LogP contribution in [0.25, 0.3) is 0 Å². The maximum Gasteiger partial charge on any atom is 0.168 e. The SMILES string of the molecule is COc1cccc(CC(=O)c2cccc(Br)c2Cl)c1. The average Bonchev–Trinajstić information content (AvgIpc) is 2.42. The number of hydrogen-bond donors (Lipinski definition) is 0. The van der Waals surface area contributed by atoms with Gasteiger partial charge in [0.05, 0.1) is 12.1 Å². The molecule has 0 aromatic heterocycles. The number of methoxy groups -OCH3 is 1. The fourth-order valence-electron chi connectivity index (χ4n) is 1.78. The Morgan fingerprint density at radius 2 is 2.00 bits per heavy atom. The first-order valence-corrected chi connectivity index (χ1v) is 6.89. The largest absolute Gasteiger partial charge is 0.497 e. The van der Waals surface area contributed by atoms with E-state index >= 15 is 0 Å². The molecule has 0 fully saturated rings. The lowest BCUT2D eigenvalue weighted by Gasteiger charge is -2.06. The highest BCUT2D eigenvalue weighted by molar-refractivity contribution is 9.10. The summed E-state index contributed by atoms with van der Waals surface area (Å²) in [5.41, 5.74) is 1.43. The molecule has 4 heteroatoms. The van der Waals surface area contributed by atoms with E-state index in [0.717, 1.165) is 15.8 Å². The van der Waals surface area contributed by atoms with Crippen LogP contribution in [0.5, 0.6) is 5.75 Å². The second-order valence-electron chi connectivity index (χ2n) is 4.05. The number of carbonyl (C=O) groups is 1. The molecule has 2 aromatic rings. The average molecular weight is 340 g/mol. The third kappa shape index (κ3) is 3.37. The maximum absolute atomic E-state index is 12.2. The Kier molecular flexibility index (Phi) is 4.61. The summed E-state index contributed by atoms with van der Waals surface area (Å²) in [6.07, 6.45) is 0.299. The van der Waals surface area contributed by atoms with Crippen LogP contribution in [0.3, 0.4) is 0 Å². The van der Waals surface area contributed by atoms with Gasteiger partial charge in [-0.15, -0.1) is 0 Å². The Balaban J connectivity index is 2.23. The van der Waals surface area contributed by atoms with Crippen molar-refractivity contribution in [3.8, 4) is 5.75 Å². The van der Waals surface area contributed by atoms with E-state index in [2.05, 4.69) is 15.9 Å². The molecule has 2 nitrogen and oxygen atoms in total. The number of ether oxygens (including phenoxy) is 1. The Labute approximate surface area is 125 Å². The summed E-state index contributed by atoms with van der Waals surface area (Å²) in [4.78, 5) is 12.2. The highest BCUT2D eigenvalue weighted by Crippen LogP contribution is 2.27. The molecule has 0 N–H and O–H groups in total. The van der Waals surface area contributed by atoms with Crippen LogP contribution in [0.1, 0.15) is 15.9 Å². The Morgan fingerprint density at radius 3 is 2.74 bits per heavy atom. The van der Waals surface area contributed by atoms with Gasteiger partial charge in [-0.05, 0) is 45.8 Å². The lowest BCUT2D eigenvalue weighted by Crippen LogP contribution is -2.04. The first-order chi connectivity index (χ1) is 9.11. The summed E-state index contributed by atoms with van der Waals surface area (Å²) in [7, 11) is 1.60. The fourth-order valence-corrected chi connectivity index (χ4v) is 2.38. The van der Waals surface area contributed by atoms with Gasteiger partial charge < -0.3 is 4.74 Å². The van der Waals surface area contributed by atoms with Gasteiger partial charge in [-0.3, -0.25) is 4.79 Å². The van der Waals surface area contributed by atoms with Gasteiger partial charge in [0.1, 0.15) is 5.75 Å². The van der Waals surface area contributed by atoms with E-state index < -0.39 is 0 Å². The van der Waals surface area contributed by atoms with Gasteiger partial charge in [0, 0.05) is 16.5 Å². The van der Waals surface area contributed by atoms with Gasteiger partial charge in [-0.2, -0.15) is 0 Å². The predicted octanol–water partition coefficient (Wildman–Crippen LogP) is 4.54. The molecular formula is C15H12BrClO2. The van der Waals surface area contributed by atoms with E-state index in [9.17, 15) is 4.79 Å². The Bertz CT molecular complexity index is 611. The molecule has 0 amide bonds. The topological polar surface area (TPSA) is 26.3 Å². The number of hydrogen-bond acceptors (Lipinski definition) is 2. The minimum absolute atomic E-state index is 0.0143. The van der Waals surface area contributed by atoms with Gasteiger partial charge in [-0.25, -0.2) is 0 Å². The number of ketones is 1. The zero-order chi connectivity index (χ0) is 13.8. The number of halogens is 2. The van der Waals surface area contributed by atoms with Gasteiger partial charge in [0.25, 0.3) is 0 Å². The van der Waals surface area contributed by atoms with Crippen LogP contribution in [0, 0.1) is 0 Å². The molecule has 0 saturated carbocycles. The van der Waals surface area contributed by atoms with Crippen molar-refractivity contribution >= 4 is 33.3 Å². The Morgan fingerprint density at radius 1 is 1.26 bits per heavy atom. The van der Waals surface area contributed by atoms with Crippen LogP contribution in [0.4, 0.5) is 0 Å². The first kappa shape index (κ1) is 14.1. The minimum Gasteiger partial charge on any atom is -0.497 e. The van der Waals surface area contributed by atoms with Gasteiger partial charge in [0.2, 0.25) is 0 Å². The van der Waals surface area contributed by atoms with E-state index in [-0.39, 0.29) is 5.78 Å². The summed E-state index contributed by atoms with van der Waals surface area (Å²) in [5.74, 6) is 0.727. The van der Waals surface area contributed by atoms with E-state index in [1.807, 2.05) is 30.3 Å². The highest BCUT2D eigenvalue weighted by Gasteiger charge is 2.13. The van der Waals surface area contributed by atoms with Crippen LogP contribution in [0.2, 0.25) is 5.02 Å². The zero-order valence-corrected chi connectivity index (χ0v) is 12.7. The molecule has 0 radical (unpaired) electrons. The maximum atomic E-state index is 12.2. The van der Waals surface area contributed by atoms with Crippen LogP contribution in [-0.2, 0) is 6.42 Å². The molecule has 2 aromatic carbocycles. The molecular weight excluding hydrogens is 328 g/mol. The van der Waals surface area contributed by atoms with Crippen molar-refractivity contribution in [2.75, 3.05) is 7.11 Å². The molecule has 0 spiro atoms. The molecule has 0 heterocycles. The van der Waals surface area contributed by atoms with Gasteiger partial charge in [0.15, 0.2) is 5.78 Å². The quantitative estimate of drug-likeness (QED) is 0.765. The smallest absolute Gasteiger partial charge is 0.168 e. The third-order valence-corrected chi connectivity index (χ3v) is 4.05. The van der Waals surface area contributed by atoms with Crippen molar-refractivity contribution < 1.29 is 9.53 Å². The molecule has 0 bridgehead atoms. The number of rotatable bonds is 4. The third-order valence-electron chi connectivity index (χ3n) is 2.75. The number of Topliss-reactive ketones (excluding diaryl/α,β-unsaturated/α-hetero) is 1. The summed E-state index contributed by atoms with van der Waals surface area (Å²) in [5, 5.41) is 0.454. The lowest BCUT2D eigenvalue weighted by atomic mass is 10.0. The standard InChI is InChI=1S/C15H12BrClO2/c1-19-11-5-2-4-10(8-11)9-14(18)12-6-3-7-13(16)15(12)17/h2-8H,9H2,1H3. The van der Waals surface area contributed by atoms with Crippen LogP contribution in [-0.4, -0.2) is 12.9 Å². The van der Waals surface area contributed by atoms with E-state index in [1.54, 1.807) is 19.2 Å². The molecule has 0 aliphatic heterocycles. The van der Waals surface area contributed by atoms with Crippen molar-refractivity contribution in [1.29, 1.82) is 0 Å². The molecule has 0 aliphatic carbocycles. The van der Waals surface area contributed by atoms with Crippen LogP contribution in [0.15, 0.2) is 46.9 Å². The molecule has 0 atom stereocenters. The van der Waals surface area contributed by atoms with E-state index in [4.69, 9.17) is 16.3 Å². The first-order valence-electron chi connectivity index (χ1n) is 5.72. The molecule has 19 heavy (non-hydrogen) atoms. The molecule has 98 valence electrons. The Hall–Kier alpha value is -1.32. The predicted molar refractivity (Wildman–Crippen MR) is 80.2 cm³/mol. The van der Waals surface area contributed by atoms with Gasteiger partial charge in [-0.1, -0.05) is 29.8 Å². The van der Waals surface area contributed by atoms with Crippen molar-refractivity contribution in [3.63, 3.8) is 0 Å². The molecule has 0 unspecified atom stereocenters. The van der Waals surface area contributed by atoms with Gasteiger partial charge >= 0.3 is 0 Å². The zero-order valence-electron chi connectivity index (χ0n) is 10.3. The highest BCUT2D eigenvalue weighted by atomic mass is 79.9. The normalized spacial score (nSPS) is 10.3. The van der Waals surface area contributed by atoms with E-state index in [1.165, 1.54) is 0 Å². The molecule has 0 saturated heterocycles.